The van der Waals surface area contributed by atoms with E-state index in [-0.39, 0.29) is 5.91 Å². The first-order valence-electron chi connectivity index (χ1n) is 9.46. The van der Waals surface area contributed by atoms with Crippen LogP contribution in [0.15, 0.2) is 65.1 Å². The van der Waals surface area contributed by atoms with E-state index in [9.17, 15) is 4.79 Å². The molecule has 2 aromatic carbocycles. The third kappa shape index (κ3) is 4.19. The van der Waals surface area contributed by atoms with Gasteiger partial charge in [-0.25, -0.2) is 0 Å². The number of aryl methyl sites for hydroxylation is 1. The lowest BCUT2D eigenvalue weighted by atomic mass is 10.1. The van der Waals surface area contributed by atoms with Crippen molar-refractivity contribution < 1.29 is 18.7 Å². The van der Waals surface area contributed by atoms with Gasteiger partial charge in [-0.1, -0.05) is 36.4 Å². The minimum absolute atomic E-state index is 0.0764. The number of hydrogen-bond acceptors (Lipinski definition) is 4. The second-order valence-corrected chi connectivity index (χ2v) is 6.86. The average Bonchev–Trinajstić information content (AvgIpc) is 3.21. The normalized spacial score (nSPS) is 12.6. The minimum Gasteiger partial charge on any atom is -0.486 e. The van der Waals surface area contributed by atoms with Gasteiger partial charge in [0.25, 0.3) is 0 Å². The smallest absolute Gasteiger partial charge is 0.223 e. The molecule has 0 radical (unpaired) electrons. The Balaban J connectivity index is 1.32. The predicted molar refractivity (Wildman–Crippen MR) is 106 cm³/mol. The van der Waals surface area contributed by atoms with E-state index in [2.05, 4.69) is 0 Å². The van der Waals surface area contributed by atoms with Gasteiger partial charge in [-0.2, -0.15) is 0 Å². The van der Waals surface area contributed by atoms with Crippen LogP contribution in [0.1, 0.15) is 17.7 Å². The highest BCUT2D eigenvalue weighted by atomic mass is 16.6. The summed E-state index contributed by atoms with van der Waals surface area (Å²) in [4.78, 5) is 14.2. The fourth-order valence-corrected chi connectivity index (χ4v) is 3.24. The maximum absolute atomic E-state index is 12.5. The summed E-state index contributed by atoms with van der Waals surface area (Å²) in [7, 11) is 1.82. The first-order valence-corrected chi connectivity index (χ1v) is 9.46. The van der Waals surface area contributed by atoms with Crippen LogP contribution in [0, 0.1) is 0 Å². The molecular formula is C23H23NO4. The van der Waals surface area contributed by atoms with Gasteiger partial charge in [-0.15, -0.1) is 0 Å². The van der Waals surface area contributed by atoms with Crippen molar-refractivity contribution in [3.63, 3.8) is 0 Å². The molecule has 0 N–H and O–H groups in total. The zero-order valence-electron chi connectivity index (χ0n) is 15.9. The fourth-order valence-electron chi connectivity index (χ4n) is 3.24. The maximum atomic E-state index is 12.5. The van der Waals surface area contributed by atoms with Gasteiger partial charge in [0.05, 0.1) is 0 Å². The van der Waals surface area contributed by atoms with Crippen molar-refractivity contribution in [1.82, 2.24) is 4.90 Å². The van der Waals surface area contributed by atoms with Crippen LogP contribution in [0.3, 0.4) is 0 Å². The first-order chi connectivity index (χ1) is 13.7. The molecule has 0 atom stereocenters. The van der Waals surface area contributed by atoms with Crippen molar-refractivity contribution in [1.29, 1.82) is 0 Å². The van der Waals surface area contributed by atoms with Crippen LogP contribution < -0.4 is 9.47 Å². The number of ether oxygens (including phenoxy) is 2. The molecule has 1 aromatic heterocycles. The summed E-state index contributed by atoms with van der Waals surface area (Å²) in [5.41, 5.74) is 2.06. The molecule has 2 heterocycles. The highest BCUT2D eigenvalue weighted by Crippen LogP contribution is 2.31. The molecule has 28 heavy (non-hydrogen) atoms. The molecule has 0 bridgehead atoms. The Kier molecular flexibility index (Phi) is 5.33. The zero-order valence-corrected chi connectivity index (χ0v) is 15.9. The number of benzene rings is 2. The van der Waals surface area contributed by atoms with E-state index in [1.165, 1.54) is 0 Å². The van der Waals surface area contributed by atoms with Gasteiger partial charge >= 0.3 is 0 Å². The summed E-state index contributed by atoms with van der Waals surface area (Å²) in [5.74, 6) is 3.23. The quantitative estimate of drug-likeness (QED) is 0.642. The van der Waals surface area contributed by atoms with Gasteiger partial charge in [-0.3, -0.25) is 4.79 Å². The molecule has 144 valence electrons. The summed E-state index contributed by atoms with van der Waals surface area (Å²) < 4.78 is 17.0. The Labute approximate surface area is 164 Å². The molecule has 0 unspecified atom stereocenters. The highest BCUT2D eigenvalue weighted by molar-refractivity contribution is 5.76. The molecule has 0 fully saturated rings. The van der Waals surface area contributed by atoms with E-state index in [4.69, 9.17) is 13.9 Å². The number of carbonyl (C=O) groups excluding carboxylic acids is 1. The topological polar surface area (TPSA) is 51.9 Å². The second kappa shape index (κ2) is 8.21. The van der Waals surface area contributed by atoms with Crippen LogP contribution in [0.5, 0.6) is 11.5 Å². The zero-order chi connectivity index (χ0) is 19.3. The molecule has 5 heteroatoms. The van der Waals surface area contributed by atoms with Crippen molar-refractivity contribution in [2.24, 2.45) is 0 Å². The predicted octanol–water partition coefficient (Wildman–Crippen LogP) is 4.31. The van der Waals surface area contributed by atoms with Crippen LogP contribution in [-0.2, 0) is 17.8 Å². The van der Waals surface area contributed by atoms with Crippen LogP contribution in [-0.4, -0.2) is 31.1 Å². The Morgan fingerprint density at radius 3 is 2.57 bits per heavy atom. The van der Waals surface area contributed by atoms with Gasteiger partial charge in [0, 0.05) is 32.0 Å². The van der Waals surface area contributed by atoms with Crippen LogP contribution in [0.25, 0.3) is 11.3 Å². The van der Waals surface area contributed by atoms with Crippen molar-refractivity contribution in [2.75, 3.05) is 20.3 Å². The number of nitrogens with zero attached hydrogens (tertiary/aromatic N) is 1. The Morgan fingerprint density at radius 2 is 1.75 bits per heavy atom. The van der Waals surface area contributed by atoms with E-state index in [0.717, 1.165) is 34.1 Å². The van der Waals surface area contributed by atoms with Gasteiger partial charge in [0.15, 0.2) is 11.5 Å². The first kappa shape index (κ1) is 18.2. The van der Waals surface area contributed by atoms with E-state index in [0.29, 0.717) is 32.6 Å². The summed E-state index contributed by atoms with van der Waals surface area (Å²) >= 11 is 0. The van der Waals surface area contributed by atoms with E-state index >= 15 is 0 Å². The average molecular weight is 377 g/mol. The van der Waals surface area contributed by atoms with Gasteiger partial charge < -0.3 is 18.8 Å². The maximum Gasteiger partial charge on any atom is 0.223 e. The fraction of sp³-hybridized carbons (Fsp3) is 0.261. The highest BCUT2D eigenvalue weighted by Gasteiger charge is 2.15. The van der Waals surface area contributed by atoms with Crippen molar-refractivity contribution in [2.45, 2.75) is 19.4 Å². The molecule has 4 rings (SSSR count). The Hall–Kier alpha value is -3.21. The molecular weight excluding hydrogens is 354 g/mol. The molecule has 3 aromatic rings. The molecule has 1 aliphatic heterocycles. The summed E-state index contributed by atoms with van der Waals surface area (Å²) in [6.07, 6.45) is 0.986. The molecule has 0 saturated carbocycles. The number of rotatable bonds is 6. The van der Waals surface area contributed by atoms with Crippen LogP contribution >= 0.6 is 0 Å². The number of fused-ring (bicyclic) bond motifs is 1. The summed E-state index contributed by atoms with van der Waals surface area (Å²) in [5, 5.41) is 0. The third-order valence-corrected chi connectivity index (χ3v) is 4.76. The van der Waals surface area contributed by atoms with Crippen LogP contribution in [0.4, 0.5) is 0 Å². The molecule has 0 saturated heterocycles. The Morgan fingerprint density at radius 1 is 0.964 bits per heavy atom. The lowest BCUT2D eigenvalue weighted by Crippen LogP contribution is -2.26. The third-order valence-electron chi connectivity index (χ3n) is 4.76. The van der Waals surface area contributed by atoms with Crippen molar-refractivity contribution in [3.8, 4) is 22.8 Å². The Bertz CT molecular complexity index is 948. The summed E-state index contributed by atoms with van der Waals surface area (Å²) in [6, 6.07) is 19.7. The van der Waals surface area contributed by atoms with Gasteiger partial charge in [-0.05, 0) is 29.8 Å². The largest absolute Gasteiger partial charge is 0.486 e. The molecule has 5 nitrogen and oxygen atoms in total. The summed E-state index contributed by atoms with van der Waals surface area (Å²) in [6.45, 7) is 1.66. The van der Waals surface area contributed by atoms with E-state index in [1.807, 2.05) is 67.7 Å². The molecule has 1 aliphatic rings. The lowest BCUT2D eigenvalue weighted by molar-refractivity contribution is -0.130. The second-order valence-electron chi connectivity index (χ2n) is 6.86. The molecule has 0 spiro atoms. The molecule has 0 aliphatic carbocycles. The van der Waals surface area contributed by atoms with E-state index in [1.54, 1.807) is 4.90 Å². The number of furan rings is 1. The van der Waals surface area contributed by atoms with E-state index < -0.39 is 0 Å². The van der Waals surface area contributed by atoms with Gasteiger partial charge in [0.1, 0.15) is 24.7 Å². The van der Waals surface area contributed by atoms with Gasteiger partial charge in [0.2, 0.25) is 5.91 Å². The lowest BCUT2D eigenvalue weighted by Gasteiger charge is -2.21. The number of carbonyl (C=O) groups is 1. The van der Waals surface area contributed by atoms with Crippen molar-refractivity contribution >= 4 is 5.91 Å². The SMILES string of the molecule is CN(Cc1ccc2c(c1)OCCO2)C(=O)CCc1ccc(-c2ccccc2)o1. The minimum atomic E-state index is 0.0764. The number of hydrogen-bond donors (Lipinski definition) is 0. The molecule has 1 amide bonds. The van der Waals surface area contributed by atoms with Crippen LogP contribution in [0.2, 0.25) is 0 Å². The number of amides is 1. The standard InChI is InChI=1S/C23H23NO4/c1-24(16-17-7-10-21-22(15-17)27-14-13-26-21)23(25)12-9-19-8-11-20(28-19)18-5-3-2-4-6-18/h2-8,10-11,15H,9,12-14,16H2,1H3. The monoisotopic (exact) mass is 377 g/mol. The van der Waals surface area contributed by atoms with Crippen molar-refractivity contribution in [3.05, 3.63) is 72.0 Å².